The van der Waals surface area contributed by atoms with E-state index in [-0.39, 0.29) is 12.6 Å². The van der Waals surface area contributed by atoms with E-state index in [9.17, 15) is 4.79 Å². The van der Waals surface area contributed by atoms with Crippen molar-refractivity contribution in [2.24, 2.45) is 5.73 Å². The molecule has 2 rings (SSSR count). The summed E-state index contributed by atoms with van der Waals surface area (Å²) in [6, 6.07) is 9.77. The van der Waals surface area contributed by atoms with E-state index in [1.165, 1.54) is 4.88 Å². The first kappa shape index (κ1) is 14.9. The first-order chi connectivity index (χ1) is 9.54. The van der Waals surface area contributed by atoms with Crippen molar-refractivity contribution < 1.29 is 9.53 Å². The fourth-order valence-electron chi connectivity index (χ4n) is 1.68. The van der Waals surface area contributed by atoms with Crippen LogP contribution in [0.1, 0.15) is 17.8 Å². The Labute approximate surface area is 130 Å². The molecule has 1 aromatic heterocycles. The Morgan fingerprint density at radius 2 is 2.15 bits per heavy atom. The van der Waals surface area contributed by atoms with Crippen LogP contribution in [-0.4, -0.2) is 12.5 Å². The van der Waals surface area contributed by atoms with Crippen LogP contribution >= 0.6 is 27.3 Å². The van der Waals surface area contributed by atoms with E-state index in [1.807, 2.05) is 24.3 Å². The monoisotopic (exact) mass is 354 g/mol. The van der Waals surface area contributed by atoms with Crippen molar-refractivity contribution in [3.8, 4) is 5.75 Å². The number of hydrogen-bond acceptors (Lipinski definition) is 4. The molecule has 0 aliphatic carbocycles. The maximum Gasteiger partial charge on any atom is 0.255 e. The molecule has 0 aliphatic rings. The van der Waals surface area contributed by atoms with Crippen molar-refractivity contribution in [1.82, 2.24) is 0 Å². The lowest BCUT2D eigenvalue weighted by Gasteiger charge is -2.14. The minimum atomic E-state index is -0.482. The number of carbonyl (C=O) groups is 1. The van der Waals surface area contributed by atoms with E-state index in [1.54, 1.807) is 11.3 Å². The van der Waals surface area contributed by atoms with Crippen molar-refractivity contribution in [3.05, 3.63) is 45.1 Å². The van der Waals surface area contributed by atoms with Crippen LogP contribution in [-0.2, 0) is 4.79 Å². The molecule has 2 aromatic rings. The second-order valence-electron chi connectivity index (χ2n) is 4.31. The topological polar surface area (TPSA) is 64.3 Å². The van der Waals surface area contributed by atoms with Gasteiger partial charge in [0.05, 0.1) is 6.04 Å². The molecule has 1 aromatic carbocycles. The van der Waals surface area contributed by atoms with Crippen LogP contribution in [0.3, 0.4) is 0 Å². The molecule has 0 radical (unpaired) electrons. The van der Waals surface area contributed by atoms with Crippen LogP contribution in [0.5, 0.6) is 5.75 Å². The molecule has 0 saturated heterocycles. The van der Waals surface area contributed by atoms with Crippen LogP contribution < -0.4 is 15.8 Å². The number of nitrogens with two attached hydrogens (primary N) is 1. The first-order valence-electron chi connectivity index (χ1n) is 6.06. The highest BCUT2D eigenvalue weighted by atomic mass is 79.9. The number of ether oxygens (including phenoxy) is 1. The zero-order chi connectivity index (χ0) is 14.5. The largest absolute Gasteiger partial charge is 0.484 e. The number of primary amides is 1. The van der Waals surface area contributed by atoms with E-state index in [0.717, 1.165) is 10.2 Å². The lowest BCUT2D eigenvalue weighted by molar-refractivity contribution is -0.119. The normalized spacial score (nSPS) is 11.9. The smallest absolute Gasteiger partial charge is 0.255 e. The van der Waals surface area contributed by atoms with Crippen molar-refractivity contribution >= 4 is 38.9 Å². The highest BCUT2D eigenvalue weighted by molar-refractivity contribution is 9.10. The SMILES string of the molecule is CC(Nc1ccc(OCC(N)=O)cc1)c1cc(Br)cs1. The summed E-state index contributed by atoms with van der Waals surface area (Å²) in [5.74, 6) is 0.143. The van der Waals surface area contributed by atoms with Gasteiger partial charge in [0.1, 0.15) is 5.75 Å². The molecule has 6 heteroatoms. The lowest BCUT2D eigenvalue weighted by atomic mass is 10.2. The van der Waals surface area contributed by atoms with Gasteiger partial charge in [0.25, 0.3) is 5.91 Å². The van der Waals surface area contributed by atoms with Crippen LogP contribution in [0.15, 0.2) is 40.2 Å². The van der Waals surface area contributed by atoms with E-state index in [0.29, 0.717) is 5.75 Å². The van der Waals surface area contributed by atoms with Gasteiger partial charge in [-0.15, -0.1) is 11.3 Å². The fraction of sp³-hybridized carbons (Fsp3) is 0.214. The third kappa shape index (κ3) is 4.25. The van der Waals surface area contributed by atoms with Gasteiger partial charge in [-0.25, -0.2) is 0 Å². The summed E-state index contributed by atoms with van der Waals surface area (Å²) < 4.78 is 6.31. The molecule has 0 aliphatic heterocycles. The first-order valence-corrected chi connectivity index (χ1v) is 7.73. The highest BCUT2D eigenvalue weighted by Gasteiger charge is 2.08. The molecule has 1 atom stereocenters. The molecular formula is C14H15BrN2O2S. The number of carbonyl (C=O) groups excluding carboxylic acids is 1. The van der Waals surface area contributed by atoms with Crippen molar-refractivity contribution in [3.63, 3.8) is 0 Å². The quantitative estimate of drug-likeness (QED) is 0.833. The van der Waals surface area contributed by atoms with Gasteiger partial charge in [0.15, 0.2) is 6.61 Å². The lowest BCUT2D eigenvalue weighted by Crippen LogP contribution is -2.19. The Morgan fingerprint density at radius 3 is 2.70 bits per heavy atom. The molecule has 1 heterocycles. The third-order valence-corrected chi connectivity index (χ3v) is 4.51. The van der Waals surface area contributed by atoms with Crippen LogP contribution in [0.25, 0.3) is 0 Å². The molecule has 20 heavy (non-hydrogen) atoms. The molecule has 0 fully saturated rings. The third-order valence-electron chi connectivity index (χ3n) is 2.63. The molecule has 1 amide bonds. The van der Waals surface area contributed by atoms with Crippen molar-refractivity contribution in [2.75, 3.05) is 11.9 Å². The molecule has 0 bridgehead atoms. The maximum atomic E-state index is 10.6. The number of benzene rings is 1. The summed E-state index contributed by atoms with van der Waals surface area (Å²) in [5, 5.41) is 5.47. The van der Waals surface area contributed by atoms with E-state index < -0.39 is 5.91 Å². The van der Waals surface area contributed by atoms with Gasteiger partial charge in [0.2, 0.25) is 0 Å². The van der Waals surface area contributed by atoms with E-state index in [2.05, 4.69) is 39.6 Å². The summed E-state index contributed by atoms with van der Waals surface area (Å²) in [4.78, 5) is 11.9. The van der Waals surface area contributed by atoms with E-state index >= 15 is 0 Å². The predicted molar refractivity (Wildman–Crippen MR) is 85.2 cm³/mol. The van der Waals surface area contributed by atoms with Gasteiger partial charge >= 0.3 is 0 Å². The highest BCUT2D eigenvalue weighted by Crippen LogP contribution is 2.28. The molecule has 3 N–H and O–H groups in total. The Morgan fingerprint density at radius 1 is 1.45 bits per heavy atom. The van der Waals surface area contributed by atoms with Gasteiger partial charge in [-0.1, -0.05) is 0 Å². The maximum absolute atomic E-state index is 10.6. The van der Waals surface area contributed by atoms with Gasteiger partial charge in [-0.05, 0) is 53.2 Å². The molecule has 0 saturated carbocycles. The summed E-state index contributed by atoms with van der Waals surface area (Å²) in [6.07, 6.45) is 0. The number of rotatable bonds is 6. The summed E-state index contributed by atoms with van der Waals surface area (Å²) in [5.41, 5.74) is 6.02. The number of hydrogen-bond donors (Lipinski definition) is 2. The summed E-state index contributed by atoms with van der Waals surface area (Å²) >= 11 is 5.16. The Bertz CT molecular complexity index is 583. The second-order valence-corrected chi connectivity index (χ2v) is 6.17. The van der Waals surface area contributed by atoms with Crippen molar-refractivity contribution in [1.29, 1.82) is 0 Å². The number of amides is 1. The van der Waals surface area contributed by atoms with Crippen LogP contribution in [0.2, 0.25) is 0 Å². The molecule has 106 valence electrons. The average Bonchev–Trinajstić information content (AvgIpc) is 2.85. The van der Waals surface area contributed by atoms with Gasteiger partial charge in [-0.2, -0.15) is 0 Å². The van der Waals surface area contributed by atoms with Crippen molar-refractivity contribution in [2.45, 2.75) is 13.0 Å². The van der Waals surface area contributed by atoms with Gasteiger partial charge < -0.3 is 15.8 Å². The Kier molecular flexibility index (Phi) is 5.03. The summed E-state index contributed by atoms with van der Waals surface area (Å²) in [7, 11) is 0. The number of halogens is 1. The molecule has 1 unspecified atom stereocenters. The minimum absolute atomic E-state index is 0.105. The molecule has 4 nitrogen and oxygen atoms in total. The number of thiophene rings is 1. The second kappa shape index (κ2) is 6.76. The zero-order valence-corrected chi connectivity index (χ0v) is 13.3. The fourth-order valence-corrected chi connectivity index (χ4v) is 3.13. The van der Waals surface area contributed by atoms with Gasteiger partial charge in [-0.3, -0.25) is 4.79 Å². The zero-order valence-electron chi connectivity index (χ0n) is 10.9. The number of anilines is 1. The van der Waals surface area contributed by atoms with Crippen LogP contribution in [0, 0.1) is 0 Å². The molecule has 0 spiro atoms. The standard InChI is InChI=1S/C14H15BrN2O2S/c1-9(13-6-10(15)8-20-13)17-11-2-4-12(5-3-11)19-7-14(16)18/h2-6,8-9,17H,7H2,1H3,(H2,16,18). The minimum Gasteiger partial charge on any atom is -0.484 e. The molecular weight excluding hydrogens is 340 g/mol. The van der Waals surface area contributed by atoms with Crippen LogP contribution in [0.4, 0.5) is 5.69 Å². The van der Waals surface area contributed by atoms with E-state index in [4.69, 9.17) is 10.5 Å². The average molecular weight is 355 g/mol. The predicted octanol–water partition coefficient (Wildman–Crippen LogP) is 3.55. The summed E-state index contributed by atoms with van der Waals surface area (Å²) in [6.45, 7) is 2.00. The van der Waals surface area contributed by atoms with Gasteiger partial charge in [0, 0.05) is 20.4 Å². The number of nitrogens with one attached hydrogen (secondary N) is 1. The Hall–Kier alpha value is -1.53. The Balaban J connectivity index is 1.94.